The first-order chi connectivity index (χ1) is 17.2. The van der Waals surface area contributed by atoms with Crippen LogP contribution in [0.25, 0.3) is 10.2 Å². The third kappa shape index (κ3) is 6.67. The van der Waals surface area contributed by atoms with Crippen LogP contribution in [0.2, 0.25) is 0 Å². The minimum Gasteiger partial charge on any atom is -0.380 e. The number of benzene rings is 2. The number of ether oxygens (including phenoxy) is 1. The van der Waals surface area contributed by atoms with Gasteiger partial charge in [-0.05, 0) is 55.8 Å². The highest BCUT2D eigenvalue weighted by atomic mass is 32.2. The number of sulfonamides is 1. The maximum Gasteiger partial charge on any atom is 0.279 e. The number of hydrogen-bond acceptors (Lipinski definition) is 6. The quantitative estimate of drug-likeness (QED) is 0.377. The molecule has 0 bridgehead atoms. The van der Waals surface area contributed by atoms with E-state index in [-0.39, 0.29) is 16.4 Å². The first kappa shape index (κ1) is 27.7. The molecule has 0 aliphatic carbocycles. The van der Waals surface area contributed by atoms with Crippen LogP contribution in [-0.2, 0) is 26.1 Å². The van der Waals surface area contributed by atoms with E-state index in [1.54, 1.807) is 13.1 Å². The SMILES string of the molecule is CCCCN(C)S(=O)(=O)c1ccc(C(=O)N=c2sc3cc(NC(C)=O)ccc3n2CCOCC)cc1. The van der Waals surface area contributed by atoms with Crippen LogP contribution in [0.5, 0.6) is 0 Å². The van der Waals surface area contributed by atoms with E-state index in [2.05, 4.69) is 10.3 Å². The number of thiazole rings is 1. The van der Waals surface area contributed by atoms with Gasteiger partial charge in [0.15, 0.2) is 4.80 Å². The third-order valence-corrected chi connectivity index (χ3v) is 8.41. The minimum atomic E-state index is -3.62. The Labute approximate surface area is 215 Å². The van der Waals surface area contributed by atoms with Crippen molar-refractivity contribution in [2.24, 2.45) is 4.99 Å². The molecule has 0 fully saturated rings. The molecule has 0 aliphatic rings. The van der Waals surface area contributed by atoms with Crippen molar-refractivity contribution in [3.63, 3.8) is 0 Å². The Morgan fingerprint density at radius 3 is 2.50 bits per heavy atom. The molecule has 3 aromatic rings. The van der Waals surface area contributed by atoms with Crippen LogP contribution < -0.4 is 10.1 Å². The second kappa shape index (κ2) is 12.4. The van der Waals surface area contributed by atoms with Crippen LogP contribution in [0.3, 0.4) is 0 Å². The minimum absolute atomic E-state index is 0.136. The molecule has 9 nitrogen and oxygen atoms in total. The zero-order valence-corrected chi connectivity index (χ0v) is 22.6. The molecule has 1 N–H and O–H groups in total. The fourth-order valence-electron chi connectivity index (χ4n) is 3.56. The summed E-state index contributed by atoms with van der Waals surface area (Å²) in [6, 6.07) is 11.4. The number of carbonyl (C=O) groups excluding carboxylic acids is 2. The zero-order valence-electron chi connectivity index (χ0n) is 21.0. The Morgan fingerprint density at radius 2 is 1.86 bits per heavy atom. The number of unbranched alkanes of at least 4 members (excludes halogenated alkanes) is 1. The highest BCUT2D eigenvalue weighted by Crippen LogP contribution is 2.22. The van der Waals surface area contributed by atoms with Crippen LogP contribution in [0, 0.1) is 0 Å². The molecule has 2 aromatic carbocycles. The molecule has 0 saturated carbocycles. The highest BCUT2D eigenvalue weighted by molar-refractivity contribution is 7.89. The van der Waals surface area contributed by atoms with E-state index in [4.69, 9.17) is 4.74 Å². The number of rotatable bonds is 11. The van der Waals surface area contributed by atoms with E-state index >= 15 is 0 Å². The number of amides is 2. The number of nitrogens with zero attached hydrogens (tertiary/aromatic N) is 3. The molecule has 2 amide bonds. The fraction of sp³-hybridized carbons (Fsp3) is 0.400. The normalized spacial score (nSPS) is 12.4. The molecule has 11 heteroatoms. The molecular formula is C25H32N4O5S2. The Kier molecular flexibility index (Phi) is 9.55. The first-order valence-corrected chi connectivity index (χ1v) is 14.1. The lowest BCUT2D eigenvalue weighted by molar-refractivity contribution is -0.114. The van der Waals surface area contributed by atoms with Gasteiger partial charge in [0, 0.05) is 44.9 Å². The van der Waals surface area contributed by atoms with Gasteiger partial charge in [0.25, 0.3) is 5.91 Å². The van der Waals surface area contributed by atoms with Crippen molar-refractivity contribution in [2.45, 2.75) is 45.1 Å². The summed E-state index contributed by atoms with van der Waals surface area (Å²) in [7, 11) is -2.06. The summed E-state index contributed by atoms with van der Waals surface area (Å²) >= 11 is 1.33. The number of anilines is 1. The number of carbonyl (C=O) groups is 2. The molecule has 0 spiro atoms. The Morgan fingerprint density at radius 1 is 1.14 bits per heavy atom. The van der Waals surface area contributed by atoms with E-state index in [0.717, 1.165) is 23.1 Å². The van der Waals surface area contributed by atoms with Crippen molar-refractivity contribution in [1.82, 2.24) is 8.87 Å². The van der Waals surface area contributed by atoms with E-state index in [1.165, 1.54) is 46.8 Å². The summed E-state index contributed by atoms with van der Waals surface area (Å²) in [5, 5.41) is 2.76. The lowest BCUT2D eigenvalue weighted by Crippen LogP contribution is -2.27. The molecule has 1 aromatic heterocycles. The monoisotopic (exact) mass is 532 g/mol. The van der Waals surface area contributed by atoms with Gasteiger partial charge in [-0.3, -0.25) is 9.59 Å². The molecular weight excluding hydrogens is 500 g/mol. The summed E-state index contributed by atoms with van der Waals surface area (Å²) < 4.78 is 35.1. The number of fused-ring (bicyclic) bond motifs is 1. The lowest BCUT2D eigenvalue weighted by atomic mass is 10.2. The maximum absolute atomic E-state index is 13.0. The zero-order chi connectivity index (χ0) is 26.3. The van der Waals surface area contributed by atoms with Crippen molar-refractivity contribution in [2.75, 3.05) is 32.1 Å². The van der Waals surface area contributed by atoms with Gasteiger partial charge in [-0.2, -0.15) is 4.99 Å². The summed E-state index contributed by atoms with van der Waals surface area (Å²) in [5.74, 6) is -0.644. The van der Waals surface area contributed by atoms with E-state index < -0.39 is 15.9 Å². The maximum atomic E-state index is 13.0. The largest absolute Gasteiger partial charge is 0.380 e. The Hall–Kier alpha value is -2.86. The van der Waals surface area contributed by atoms with Crippen LogP contribution in [0.1, 0.15) is 44.0 Å². The third-order valence-electron chi connectivity index (χ3n) is 5.50. The van der Waals surface area contributed by atoms with Crippen LogP contribution in [-0.4, -0.2) is 55.9 Å². The molecule has 3 rings (SSSR count). The molecule has 0 unspecified atom stereocenters. The second-order valence-electron chi connectivity index (χ2n) is 8.22. The molecule has 0 atom stereocenters. The Balaban J connectivity index is 1.94. The van der Waals surface area contributed by atoms with Crippen molar-refractivity contribution in [3.8, 4) is 0 Å². The lowest BCUT2D eigenvalue weighted by Gasteiger charge is -2.16. The molecule has 0 saturated heterocycles. The summed E-state index contributed by atoms with van der Waals surface area (Å²) in [6.45, 7) is 7.32. The number of aromatic nitrogens is 1. The smallest absolute Gasteiger partial charge is 0.279 e. The number of nitrogens with one attached hydrogen (secondary N) is 1. The van der Waals surface area contributed by atoms with Gasteiger partial charge in [-0.15, -0.1) is 0 Å². The van der Waals surface area contributed by atoms with Gasteiger partial charge in [0.05, 0.1) is 21.7 Å². The van der Waals surface area contributed by atoms with Crippen molar-refractivity contribution < 1.29 is 22.7 Å². The standard InChI is InChI=1S/C25H32N4O5S2/c1-5-7-14-28(4)36(32,33)21-11-8-19(9-12-21)24(31)27-25-29(15-16-34-6-2)22-13-10-20(26-18(3)30)17-23(22)35-25/h8-13,17H,5-7,14-16H2,1-4H3,(H,26,30). The molecule has 1 heterocycles. The van der Waals surface area contributed by atoms with Gasteiger partial charge < -0.3 is 14.6 Å². The first-order valence-electron chi connectivity index (χ1n) is 11.8. The number of hydrogen-bond donors (Lipinski definition) is 1. The molecule has 0 aliphatic heterocycles. The van der Waals surface area contributed by atoms with Crippen LogP contribution in [0.4, 0.5) is 5.69 Å². The van der Waals surface area contributed by atoms with Crippen molar-refractivity contribution >= 4 is 49.1 Å². The van der Waals surface area contributed by atoms with Gasteiger partial charge in [0.1, 0.15) is 0 Å². The van der Waals surface area contributed by atoms with Crippen LogP contribution >= 0.6 is 11.3 Å². The average molecular weight is 533 g/mol. The predicted molar refractivity (Wildman–Crippen MR) is 142 cm³/mol. The Bertz CT molecular complexity index is 1390. The molecule has 36 heavy (non-hydrogen) atoms. The second-order valence-corrected chi connectivity index (χ2v) is 11.3. The summed E-state index contributed by atoms with van der Waals surface area (Å²) in [4.78, 5) is 29.4. The van der Waals surface area contributed by atoms with E-state index in [9.17, 15) is 18.0 Å². The van der Waals surface area contributed by atoms with Gasteiger partial charge in [0.2, 0.25) is 15.9 Å². The molecule has 0 radical (unpaired) electrons. The van der Waals surface area contributed by atoms with Gasteiger partial charge in [-0.25, -0.2) is 12.7 Å². The summed E-state index contributed by atoms with van der Waals surface area (Å²) in [5.41, 5.74) is 1.82. The van der Waals surface area contributed by atoms with E-state index in [0.29, 0.717) is 36.8 Å². The average Bonchev–Trinajstić information content (AvgIpc) is 3.18. The van der Waals surface area contributed by atoms with Gasteiger partial charge in [-0.1, -0.05) is 24.7 Å². The van der Waals surface area contributed by atoms with Crippen molar-refractivity contribution in [3.05, 3.63) is 52.8 Å². The van der Waals surface area contributed by atoms with Crippen molar-refractivity contribution in [1.29, 1.82) is 0 Å². The van der Waals surface area contributed by atoms with Crippen LogP contribution in [0.15, 0.2) is 52.4 Å². The topological polar surface area (TPSA) is 110 Å². The predicted octanol–water partition coefficient (Wildman–Crippen LogP) is 3.86. The van der Waals surface area contributed by atoms with Gasteiger partial charge >= 0.3 is 0 Å². The fourth-order valence-corrected chi connectivity index (χ4v) is 5.86. The summed E-state index contributed by atoms with van der Waals surface area (Å²) in [6.07, 6.45) is 1.67. The molecule has 194 valence electrons. The van der Waals surface area contributed by atoms with E-state index in [1.807, 2.05) is 30.5 Å². The highest BCUT2D eigenvalue weighted by Gasteiger charge is 2.20.